The van der Waals surface area contributed by atoms with Crippen LogP contribution in [0.25, 0.3) is 0 Å². The topological polar surface area (TPSA) is 88.2 Å². The second-order valence-electron chi connectivity index (χ2n) is 4.46. The van der Waals surface area contributed by atoms with Gasteiger partial charge in [0.15, 0.2) is 5.69 Å². The van der Waals surface area contributed by atoms with Crippen LogP contribution >= 0.6 is 0 Å². The molecular weight excluding hydrogens is 218 g/mol. The van der Waals surface area contributed by atoms with Gasteiger partial charge in [-0.25, -0.2) is 4.98 Å². The van der Waals surface area contributed by atoms with Crippen molar-refractivity contribution in [1.29, 1.82) is 0 Å². The van der Waals surface area contributed by atoms with Gasteiger partial charge in [-0.1, -0.05) is 0 Å². The van der Waals surface area contributed by atoms with E-state index in [0.717, 1.165) is 25.7 Å². The quantitative estimate of drug-likeness (QED) is 0.707. The first-order valence-electron chi connectivity index (χ1n) is 5.87. The second-order valence-corrected chi connectivity index (χ2v) is 4.46. The fourth-order valence-corrected chi connectivity index (χ4v) is 2.09. The number of hydrogen-bond donors (Lipinski definition) is 3. The number of pyridine rings is 1. The Morgan fingerprint density at radius 3 is 2.76 bits per heavy atom. The van der Waals surface area contributed by atoms with Crippen LogP contribution < -0.4 is 11.1 Å². The van der Waals surface area contributed by atoms with E-state index in [-0.39, 0.29) is 29.4 Å². The highest BCUT2D eigenvalue weighted by Gasteiger charge is 2.22. The molecule has 0 radical (unpaired) electrons. The summed E-state index contributed by atoms with van der Waals surface area (Å²) in [4.78, 5) is 15.7. The zero-order chi connectivity index (χ0) is 12.3. The number of aromatic nitrogens is 1. The Morgan fingerprint density at radius 1 is 1.41 bits per heavy atom. The first-order chi connectivity index (χ1) is 8.16. The van der Waals surface area contributed by atoms with Gasteiger partial charge < -0.3 is 16.2 Å². The van der Waals surface area contributed by atoms with E-state index in [1.54, 1.807) is 6.07 Å². The normalized spacial score (nSPS) is 24.3. The standard InChI is InChI=1S/C12H17N3O2/c13-8-3-5-9(6-4-8)15-12(17)11-10(16)2-1-7-14-11/h1-2,7-9,16H,3-6,13H2,(H,15,17). The van der Waals surface area contributed by atoms with Crippen LogP contribution in [-0.4, -0.2) is 28.1 Å². The van der Waals surface area contributed by atoms with E-state index in [9.17, 15) is 9.90 Å². The molecule has 1 saturated carbocycles. The van der Waals surface area contributed by atoms with Gasteiger partial charge in [0.25, 0.3) is 5.91 Å². The lowest BCUT2D eigenvalue weighted by Crippen LogP contribution is -2.40. The largest absolute Gasteiger partial charge is 0.505 e. The molecule has 1 aromatic heterocycles. The van der Waals surface area contributed by atoms with Crippen LogP contribution in [0.5, 0.6) is 5.75 Å². The third-order valence-corrected chi connectivity index (χ3v) is 3.11. The zero-order valence-electron chi connectivity index (χ0n) is 9.60. The Kier molecular flexibility index (Phi) is 3.58. The molecule has 1 aliphatic carbocycles. The lowest BCUT2D eigenvalue weighted by molar-refractivity contribution is 0.0918. The van der Waals surface area contributed by atoms with E-state index in [1.165, 1.54) is 12.3 Å². The fourth-order valence-electron chi connectivity index (χ4n) is 2.09. The van der Waals surface area contributed by atoms with Crippen molar-refractivity contribution >= 4 is 5.91 Å². The van der Waals surface area contributed by atoms with Crippen LogP contribution in [-0.2, 0) is 0 Å². The number of nitrogens with two attached hydrogens (primary N) is 1. The van der Waals surface area contributed by atoms with E-state index < -0.39 is 0 Å². The maximum atomic E-state index is 11.9. The Hall–Kier alpha value is -1.62. The molecule has 1 amide bonds. The van der Waals surface area contributed by atoms with Crippen molar-refractivity contribution < 1.29 is 9.90 Å². The van der Waals surface area contributed by atoms with Crippen molar-refractivity contribution in [3.8, 4) is 5.75 Å². The number of carbonyl (C=O) groups excluding carboxylic acids is 1. The molecule has 1 heterocycles. The van der Waals surface area contributed by atoms with Crippen molar-refractivity contribution in [3.63, 3.8) is 0 Å². The maximum absolute atomic E-state index is 11.9. The van der Waals surface area contributed by atoms with E-state index >= 15 is 0 Å². The summed E-state index contributed by atoms with van der Waals surface area (Å²) < 4.78 is 0. The highest BCUT2D eigenvalue weighted by atomic mass is 16.3. The van der Waals surface area contributed by atoms with Gasteiger partial charge in [0.1, 0.15) is 5.75 Å². The van der Waals surface area contributed by atoms with Crippen LogP contribution in [0.3, 0.4) is 0 Å². The Morgan fingerprint density at radius 2 is 2.12 bits per heavy atom. The molecule has 0 atom stereocenters. The van der Waals surface area contributed by atoms with Crippen molar-refractivity contribution in [2.75, 3.05) is 0 Å². The van der Waals surface area contributed by atoms with Crippen LogP contribution in [0.15, 0.2) is 18.3 Å². The fraction of sp³-hybridized carbons (Fsp3) is 0.500. The number of aromatic hydroxyl groups is 1. The summed E-state index contributed by atoms with van der Waals surface area (Å²) in [6.45, 7) is 0. The van der Waals surface area contributed by atoms with Gasteiger partial charge in [0.2, 0.25) is 0 Å². The van der Waals surface area contributed by atoms with Gasteiger partial charge in [0, 0.05) is 18.3 Å². The molecular formula is C12H17N3O2. The number of nitrogens with one attached hydrogen (secondary N) is 1. The smallest absolute Gasteiger partial charge is 0.273 e. The average molecular weight is 235 g/mol. The van der Waals surface area contributed by atoms with Crippen molar-refractivity contribution in [1.82, 2.24) is 10.3 Å². The van der Waals surface area contributed by atoms with Crippen LogP contribution in [0.2, 0.25) is 0 Å². The summed E-state index contributed by atoms with van der Waals surface area (Å²) in [7, 11) is 0. The summed E-state index contributed by atoms with van der Waals surface area (Å²) in [6.07, 6.45) is 5.13. The van der Waals surface area contributed by atoms with Crippen molar-refractivity contribution in [3.05, 3.63) is 24.0 Å². The van der Waals surface area contributed by atoms with Gasteiger partial charge in [-0.05, 0) is 37.8 Å². The summed E-state index contributed by atoms with van der Waals surface area (Å²) >= 11 is 0. The van der Waals surface area contributed by atoms with E-state index in [2.05, 4.69) is 10.3 Å². The Labute approximate surface area is 100 Å². The van der Waals surface area contributed by atoms with Crippen LogP contribution in [0.1, 0.15) is 36.2 Å². The monoisotopic (exact) mass is 235 g/mol. The number of nitrogens with zero attached hydrogens (tertiary/aromatic N) is 1. The molecule has 0 aliphatic heterocycles. The van der Waals surface area contributed by atoms with Gasteiger partial charge in [0.05, 0.1) is 0 Å². The van der Waals surface area contributed by atoms with Gasteiger partial charge in [-0.3, -0.25) is 4.79 Å². The minimum atomic E-state index is -0.316. The maximum Gasteiger partial charge on any atom is 0.273 e. The van der Waals surface area contributed by atoms with Crippen LogP contribution in [0.4, 0.5) is 0 Å². The molecule has 17 heavy (non-hydrogen) atoms. The molecule has 0 spiro atoms. The molecule has 1 aliphatic rings. The first-order valence-corrected chi connectivity index (χ1v) is 5.87. The minimum Gasteiger partial charge on any atom is -0.505 e. The Bertz CT molecular complexity index is 400. The minimum absolute atomic E-state index is 0.0855. The third-order valence-electron chi connectivity index (χ3n) is 3.11. The Balaban J connectivity index is 1.96. The second kappa shape index (κ2) is 5.14. The highest BCUT2D eigenvalue weighted by Crippen LogP contribution is 2.18. The van der Waals surface area contributed by atoms with Crippen LogP contribution in [0, 0.1) is 0 Å². The summed E-state index contributed by atoms with van der Waals surface area (Å²) in [5.41, 5.74) is 5.88. The predicted octanol–water partition coefficient (Wildman–Crippen LogP) is 0.787. The number of rotatable bonds is 2. The van der Waals surface area contributed by atoms with Gasteiger partial charge in [-0.2, -0.15) is 0 Å². The molecule has 2 rings (SSSR count). The van der Waals surface area contributed by atoms with E-state index in [4.69, 9.17) is 5.73 Å². The molecule has 5 nitrogen and oxygen atoms in total. The molecule has 5 heteroatoms. The van der Waals surface area contributed by atoms with Gasteiger partial charge in [-0.15, -0.1) is 0 Å². The third kappa shape index (κ3) is 2.94. The number of amides is 1. The molecule has 0 saturated heterocycles. The predicted molar refractivity (Wildman–Crippen MR) is 63.6 cm³/mol. The lowest BCUT2D eigenvalue weighted by Gasteiger charge is -2.26. The molecule has 1 fully saturated rings. The molecule has 1 aromatic rings. The van der Waals surface area contributed by atoms with Crippen molar-refractivity contribution in [2.45, 2.75) is 37.8 Å². The summed E-state index contributed by atoms with van der Waals surface area (Å²) in [5.74, 6) is -0.402. The molecule has 0 bridgehead atoms. The average Bonchev–Trinajstić information content (AvgIpc) is 2.32. The first kappa shape index (κ1) is 11.9. The molecule has 0 unspecified atom stereocenters. The highest BCUT2D eigenvalue weighted by molar-refractivity contribution is 5.94. The SMILES string of the molecule is NC1CCC(NC(=O)c2ncccc2O)CC1. The summed E-state index contributed by atoms with van der Waals surface area (Å²) in [6, 6.07) is 3.44. The number of hydrogen-bond acceptors (Lipinski definition) is 4. The summed E-state index contributed by atoms with van der Waals surface area (Å²) in [5, 5.41) is 12.4. The van der Waals surface area contributed by atoms with E-state index in [1.807, 2.05) is 0 Å². The van der Waals surface area contributed by atoms with Crippen molar-refractivity contribution in [2.24, 2.45) is 5.73 Å². The van der Waals surface area contributed by atoms with E-state index in [0.29, 0.717) is 0 Å². The molecule has 92 valence electrons. The molecule has 4 N–H and O–H groups in total. The number of carbonyl (C=O) groups is 1. The lowest BCUT2D eigenvalue weighted by atomic mass is 9.92. The zero-order valence-corrected chi connectivity index (χ0v) is 9.60. The molecule has 0 aromatic carbocycles. The van der Waals surface area contributed by atoms with Gasteiger partial charge >= 0.3 is 0 Å².